The fraction of sp³-hybridized carbons (Fsp3) is 0.926. The van der Waals surface area contributed by atoms with Crippen molar-refractivity contribution in [3.63, 3.8) is 0 Å². The number of allylic oxidation sites excluding steroid dienone is 2. The second-order valence-corrected chi connectivity index (χ2v) is 12.4. The van der Waals surface area contributed by atoms with Gasteiger partial charge in [-0.15, -0.1) is 0 Å². The molecule has 3 saturated carbocycles. The van der Waals surface area contributed by atoms with Crippen LogP contribution in [0.1, 0.15) is 92.4 Å². The van der Waals surface area contributed by atoms with Crippen molar-refractivity contribution in [2.45, 2.75) is 111 Å². The molecule has 3 heteroatoms. The molecule has 4 aliphatic rings. The van der Waals surface area contributed by atoms with Crippen LogP contribution < -0.4 is 0 Å². The fourth-order valence-corrected chi connectivity index (χ4v) is 8.47. The van der Waals surface area contributed by atoms with Gasteiger partial charge in [0.25, 0.3) is 0 Å². The number of aliphatic hydroxyl groups excluding tert-OH is 3. The van der Waals surface area contributed by atoms with Gasteiger partial charge in [0.2, 0.25) is 0 Å². The Morgan fingerprint density at radius 2 is 1.73 bits per heavy atom. The van der Waals surface area contributed by atoms with E-state index in [1.54, 1.807) is 5.57 Å². The monoisotopic (exact) mass is 418 g/mol. The molecule has 172 valence electrons. The van der Waals surface area contributed by atoms with Crippen LogP contribution in [0.15, 0.2) is 11.6 Å². The van der Waals surface area contributed by atoms with Crippen molar-refractivity contribution in [1.82, 2.24) is 0 Å². The number of fused-ring (bicyclic) bond motifs is 5. The van der Waals surface area contributed by atoms with Crippen LogP contribution in [0.5, 0.6) is 0 Å². The zero-order chi connectivity index (χ0) is 21.8. The SMILES string of the molecule is CC(C)C(O)CC[C@@H](C)[C@H]1CC=C2[C@@H]3C[C@H](O)[C@H]4C[C@@H](O)CC[C@]4(C)[C@H]3CC[C@@]21C. The van der Waals surface area contributed by atoms with Gasteiger partial charge in [0.1, 0.15) is 0 Å². The highest BCUT2D eigenvalue weighted by molar-refractivity contribution is 5.30. The van der Waals surface area contributed by atoms with E-state index in [2.05, 4.69) is 40.7 Å². The van der Waals surface area contributed by atoms with Gasteiger partial charge in [0.05, 0.1) is 18.3 Å². The molecule has 4 rings (SSSR count). The Balaban J connectivity index is 1.50. The Labute approximate surface area is 184 Å². The molecular formula is C27H46O3. The molecule has 1 unspecified atom stereocenters. The topological polar surface area (TPSA) is 60.7 Å². The summed E-state index contributed by atoms with van der Waals surface area (Å²) < 4.78 is 0. The third-order valence-corrected chi connectivity index (χ3v) is 10.5. The summed E-state index contributed by atoms with van der Waals surface area (Å²) >= 11 is 0. The predicted molar refractivity (Wildman–Crippen MR) is 122 cm³/mol. The van der Waals surface area contributed by atoms with Crippen molar-refractivity contribution in [1.29, 1.82) is 0 Å². The van der Waals surface area contributed by atoms with E-state index in [0.717, 1.165) is 38.5 Å². The van der Waals surface area contributed by atoms with Crippen molar-refractivity contribution < 1.29 is 15.3 Å². The normalized spacial score (nSPS) is 47.8. The van der Waals surface area contributed by atoms with Crippen molar-refractivity contribution in [2.24, 2.45) is 46.3 Å². The summed E-state index contributed by atoms with van der Waals surface area (Å²) in [6, 6.07) is 0. The zero-order valence-corrected chi connectivity index (χ0v) is 20.0. The molecule has 0 radical (unpaired) electrons. The molecule has 4 aliphatic carbocycles. The van der Waals surface area contributed by atoms with E-state index in [4.69, 9.17) is 0 Å². The van der Waals surface area contributed by atoms with Crippen LogP contribution in [0.4, 0.5) is 0 Å². The molecule has 3 nitrogen and oxygen atoms in total. The summed E-state index contributed by atoms with van der Waals surface area (Å²) in [6.07, 6.45) is 11.3. The molecule has 0 heterocycles. The molecule has 0 saturated heterocycles. The maximum absolute atomic E-state index is 11.1. The number of hydrogen-bond acceptors (Lipinski definition) is 3. The molecule has 30 heavy (non-hydrogen) atoms. The quantitative estimate of drug-likeness (QED) is 0.529. The average Bonchev–Trinajstić information content (AvgIpc) is 3.04. The molecule has 3 fully saturated rings. The Kier molecular flexibility index (Phi) is 6.23. The smallest absolute Gasteiger partial charge is 0.0580 e. The van der Waals surface area contributed by atoms with Crippen molar-refractivity contribution >= 4 is 0 Å². The molecule has 3 N–H and O–H groups in total. The molecular weight excluding hydrogens is 372 g/mol. The lowest BCUT2D eigenvalue weighted by molar-refractivity contribution is -0.140. The molecule has 0 aromatic rings. The number of hydrogen-bond donors (Lipinski definition) is 3. The Morgan fingerprint density at radius 3 is 2.43 bits per heavy atom. The van der Waals surface area contributed by atoms with Crippen molar-refractivity contribution in [3.8, 4) is 0 Å². The van der Waals surface area contributed by atoms with E-state index in [0.29, 0.717) is 29.6 Å². The maximum atomic E-state index is 11.1. The van der Waals surface area contributed by atoms with Crippen LogP contribution in [0.3, 0.4) is 0 Å². The van der Waals surface area contributed by atoms with E-state index in [-0.39, 0.29) is 35.1 Å². The zero-order valence-electron chi connectivity index (χ0n) is 20.0. The van der Waals surface area contributed by atoms with Gasteiger partial charge in [-0.05, 0) is 104 Å². The highest BCUT2D eigenvalue weighted by atomic mass is 16.3. The van der Waals surface area contributed by atoms with E-state index in [9.17, 15) is 15.3 Å². The summed E-state index contributed by atoms with van der Waals surface area (Å²) in [5.41, 5.74) is 2.10. The largest absolute Gasteiger partial charge is 0.393 e. The lowest BCUT2D eigenvalue weighted by Gasteiger charge is -2.61. The summed E-state index contributed by atoms with van der Waals surface area (Å²) in [7, 11) is 0. The van der Waals surface area contributed by atoms with Gasteiger partial charge in [-0.3, -0.25) is 0 Å². The lowest BCUT2D eigenvalue weighted by atomic mass is 9.45. The van der Waals surface area contributed by atoms with Gasteiger partial charge in [-0.2, -0.15) is 0 Å². The number of aliphatic hydroxyl groups is 3. The minimum absolute atomic E-state index is 0.175. The Hall–Kier alpha value is -0.380. The second kappa shape index (κ2) is 8.19. The first-order valence-corrected chi connectivity index (χ1v) is 12.8. The molecule has 10 atom stereocenters. The number of rotatable bonds is 5. The first kappa shape index (κ1) is 22.8. The van der Waals surface area contributed by atoms with Crippen LogP contribution in [-0.4, -0.2) is 33.6 Å². The van der Waals surface area contributed by atoms with Crippen LogP contribution >= 0.6 is 0 Å². The van der Waals surface area contributed by atoms with E-state index in [1.165, 1.54) is 19.3 Å². The second-order valence-electron chi connectivity index (χ2n) is 12.4. The average molecular weight is 419 g/mol. The highest BCUT2D eigenvalue weighted by Crippen LogP contribution is 2.66. The van der Waals surface area contributed by atoms with Crippen LogP contribution in [0.25, 0.3) is 0 Å². The molecule has 0 amide bonds. The summed E-state index contributed by atoms with van der Waals surface area (Å²) in [6.45, 7) is 11.6. The third-order valence-electron chi connectivity index (χ3n) is 10.5. The van der Waals surface area contributed by atoms with Crippen molar-refractivity contribution in [3.05, 3.63) is 11.6 Å². The lowest BCUT2D eigenvalue weighted by Crippen LogP contribution is -2.56. The predicted octanol–water partition coefficient (Wildman–Crippen LogP) is 5.33. The molecule has 0 aromatic carbocycles. The summed E-state index contributed by atoms with van der Waals surface area (Å²) in [4.78, 5) is 0. The van der Waals surface area contributed by atoms with Crippen molar-refractivity contribution in [2.75, 3.05) is 0 Å². The summed E-state index contributed by atoms with van der Waals surface area (Å²) in [5.74, 6) is 3.08. The van der Waals surface area contributed by atoms with Crippen LogP contribution in [-0.2, 0) is 0 Å². The van der Waals surface area contributed by atoms with Crippen LogP contribution in [0.2, 0.25) is 0 Å². The first-order chi connectivity index (χ1) is 14.1. The van der Waals surface area contributed by atoms with Gasteiger partial charge < -0.3 is 15.3 Å². The Bertz CT molecular complexity index is 656. The van der Waals surface area contributed by atoms with Gasteiger partial charge in [0, 0.05) is 0 Å². The van der Waals surface area contributed by atoms with E-state index >= 15 is 0 Å². The molecule has 0 aromatic heterocycles. The van der Waals surface area contributed by atoms with Gasteiger partial charge >= 0.3 is 0 Å². The minimum atomic E-state index is -0.271. The highest BCUT2D eigenvalue weighted by Gasteiger charge is 2.60. The minimum Gasteiger partial charge on any atom is -0.393 e. The van der Waals surface area contributed by atoms with E-state index < -0.39 is 0 Å². The molecule has 0 aliphatic heterocycles. The standard InChI is InChI=1S/C27H46O3/c1-16(2)24(29)9-6-17(3)20-7-8-21-19-15-25(30)23-14-18(28)10-12-27(23,5)22(19)11-13-26(20,21)4/h8,16-20,22-25,28-30H,6-7,9-15H2,1-5H3/t17-,18+,19+,20-,22+,23-,24?,25+,26-,27-/m1/s1. The maximum Gasteiger partial charge on any atom is 0.0580 e. The van der Waals surface area contributed by atoms with Gasteiger partial charge in [0.15, 0.2) is 0 Å². The molecule has 0 spiro atoms. The van der Waals surface area contributed by atoms with E-state index in [1.807, 2.05) is 0 Å². The van der Waals surface area contributed by atoms with Crippen LogP contribution in [0, 0.1) is 46.3 Å². The fourth-order valence-electron chi connectivity index (χ4n) is 8.47. The summed E-state index contributed by atoms with van der Waals surface area (Å²) in [5, 5.41) is 31.7. The van der Waals surface area contributed by atoms with Gasteiger partial charge in [-0.1, -0.05) is 46.3 Å². The van der Waals surface area contributed by atoms with Gasteiger partial charge in [-0.25, -0.2) is 0 Å². The Morgan fingerprint density at radius 1 is 1.00 bits per heavy atom. The third kappa shape index (κ3) is 3.61. The molecule has 0 bridgehead atoms. The first-order valence-electron chi connectivity index (χ1n) is 12.8.